The van der Waals surface area contributed by atoms with Crippen molar-refractivity contribution in [3.8, 4) is 0 Å². The number of hydrogen-bond donors (Lipinski definition) is 1. The molecule has 0 aromatic carbocycles. The third kappa shape index (κ3) is 3.32. The van der Waals surface area contributed by atoms with Crippen LogP contribution in [0, 0.1) is 5.92 Å². The molecular formula is C11H19N3O. The molecule has 1 aliphatic heterocycles. The van der Waals surface area contributed by atoms with Crippen LogP contribution in [0.2, 0.25) is 0 Å². The number of aryl methyl sites for hydroxylation is 1. The number of rotatable bonds is 4. The third-order valence-corrected chi connectivity index (χ3v) is 2.84. The predicted molar refractivity (Wildman–Crippen MR) is 58.5 cm³/mol. The molecule has 0 atom stereocenters. The average Bonchev–Trinajstić information content (AvgIpc) is 2.66. The topological polar surface area (TPSA) is 39.1 Å². The summed E-state index contributed by atoms with van der Waals surface area (Å²) in [6.45, 7) is 3.86. The SMILES string of the molecule is Cn1cc(COCC2CCNCC2)cn1. The smallest absolute Gasteiger partial charge is 0.0747 e. The molecule has 2 heterocycles. The van der Waals surface area contributed by atoms with Gasteiger partial charge in [0, 0.05) is 25.4 Å². The number of ether oxygens (including phenoxy) is 1. The fourth-order valence-corrected chi connectivity index (χ4v) is 1.94. The Morgan fingerprint density at radius 1 is 1.53 bits per heavy atom. The van der Waals surface area contributed by atoms with E-state index in [4.69, 9.17) is 4.74 Å². The van der Waals surface area contributed by atoms with Gasteiger partial charge in [0.25, 0.3) is 0 Å². The summed E-state index contributed by atoms with van der Waals surface area (Å²) in [7, 11) is 1.93. The molecule has 0 saturated carbocycles. The van der Waals surface area contributed by atoms with Gasteiger partial charge in [0.05, 0.1) is 12.8 Å². The number of nitrogens with one attached hydrogen (secondary N) is 1. The number of hydrogen-bond acceptors (Lipinski definition) is 3. The van der Waals surface area contributed by atoms with E-state index in [9.17, 15) is 0 Å². The molecule has 1 aliphatic rings. The number of aromatic nitrogens is 2. The summed E-state index contributed by atoms with van der Waals surface area (Å²) in [5, 5.41) is 7.47. The largest absolute Gasteiger partial charge is 0.376 e. The zero-order chi connectivity index (χ0) is 10.5. The highest BCUT2D eigenvalue weighted by atomic mass is 16.5. The van der Waals surface area contributed by atoms with Crippen molar-refractivity contribution in [3.05, 3.63) is 18.0 Å². The fourth-order valence-electron chi connectivity index (χ4n) is 1.94. The summed E-state index contributed by atoms with van der Waals surface area (Å²) in [4.78, 5) is 0. The summed E-state index contributed by atoms with van der Waals surface area (Å²) in [6.07, 6.45) is 6.35. The van der Waals surface area contributed by atoms with Crippen molar-refractivity contribution >= 4 is 0 Å². The molecule has 1 saturated heterocycles. The lowest BCUT2D eigenvalue weighted by molar-refractivity contribution is 0.0763. The van der Waals surface area contributed by atoms with Gasteiger partial charge in [-0.15, -0.1) is 0 Å². The van der Waals surface area contributed by atoms with E-state index >= 15 is 0 Å². The van der Waals surface area contributed by atoms with Gasteiger partial charge in [-0.05, 0) is 31.8 Å². The second-order valence-electron chi connectivity index (χ2n) is 4.23. The first-order valence-electron chi connectivity index (χ1n) is 5.60. The molecule has 0 aliphatic carbocycles. The molecule has 0 bridgehead atoms. The Morgan fingerprint density at radius 2 is 2.33 bits per heavy atom. The summed E-state index contributed by atoms with van der Waals surface area (Å²) in [5.74, 6) is 0.739. The molecule has 0 unspecified atom stereocenters. The van der Waals surface area contributed by atoms with Crippen LogP contribution in [0.5, 0.6) is 0 Å². The molecule has 4 nitrogen and oxygen atoms in total. The van der Waals surface area contributed by atoms with Crippen molar-refractivity contribution in [1.29, 1.82) is 0 Å². The van der Waals surface area contributed by atoms with Gasteiger partial charge in [-0.3, -0.25) is 4.68 Å². The van der Waals surface area contributed by atoms with Crippen molar-refractivity contribution in [2.45, 2.75) is 19.4 Å². The molecule has 0 radical (unpaired) electrons. The van der Waals surface area contributed by atoms with Crippen LogP contribution in [0.4, 0.5) is 0 Å². The minimum Gasteiger partial charge on any atom is -0.376 e. The van der Waals surface area contributed by atoms with Crippen LogP contribution < -0.4 is 5.32 Å². The van der Waals surface area contributed by atoms with Crippen LogP contribution in [0.15, 0.2) is 12.4 Å². The van der Waals surface area contributed by atoms with E-state index in [0.717, 1.165) is 31.2 Å². The Morgan fingerprint density at radius 3 is 3.00 bits per heavy atom. The Hall–Kier alpha value is -0.870. The highest BCUT2D eigenvalue weighted by Gasteiger charge is 2.12. The van der Waals surface area contributed by atoms with Crippen LogP contribution in [0.1, 0.15) is 18.4 Å². The van der Waals surface area contributed by atoms with Gasteiger partial charge in [0.15, 0.2) is 0 Å². The minimum absolute atomic E-state index is 0.692. The monoisotopic (exact) mass is 209 g/mol. The van der Waals surface area contributed by atoms with E-state index in [0.29, 0.717) is 6.61 Å². The summed E-state index contributed by atoms with van der Waals surface area (Å²) in [5.41, 5.74) is 1.16. The Kier molecular flexibility index (Phi) is 3.75. The normalized spacial score (nSPS) is 18.2. The first kappa shape index (κ1) is 10.6. The quantitative estimate of drug-likeness (QED) is 0.802. The lowest BCUT2D eigenvalue weighted by Crippen LogP contribution is -2.29. The molecule has 0 amide bonds. The van der Waals surface area contributed by atoms with Gasteiger partial charge < -0.3 is 10.1 Å². The van der Waals surface area contributed by atoms with Gasteiger partial charge >= 0.3 is 0 Å². The van der Waals surface area contributed by atoms with E-state index in [1.807, 2.05) is 24.1 Å². The summed E-state index contributed by atoms with van der Waals surface area (Å²) in [6, 6.07) is 0. The van der Waals surface area contributed by atoms with Crippen LogP contribution in [-0.2, 0) is 18.4 Å². The highest BCUT2D eigenvalue weighted by Crippen LogP contribution is 2.12. The number of piperidine rings is 1. The summed E-state index contributed by atoms with van der Waals surface area (Å²) < 4.78 is 7.50. The first-order chi connectivity index (χ1) is 7.34. The first-order valence-corrected chi connectivity index (χ1v) is 5.60. The van der Waals surface area contributed by atoms with Crippen molar-refractivity contribution in [2.75, 3.05) is 19.7 Å². The molecule has 1 aromatic rings. The second-order valence-corrected chi connectivity index (χ2v) is 4.23. The van der Waals surface area contributed by atoms with Crippen molar-refractivity contribution in [3.63, 3.8) is 0 Å². The lowest BCUT2D eigenvalue weighted by Gasteiger charge is -2.22. The van der Waals surface area contributed by atoms with Gasteiger partial charge in [-0.1, -0.05) is 0 Å². The molecule has 1 N–H and O–H groups in total. The Balaban J connectivity index is 1.65. The van der Waals surface area contributed by atoms with E-state index in [1.165, 1.54) is 12.8 Å². The van der Waals surface area contributed by atoms with Crippen LogP contribution in [0.3, 0.4) is 0 Å². The van der Waals surface area contributed by atoms with Gasteiger partial charge in [-0.2, -0.15) is 5.10 Å². The maximum absolute atomic E-state index is 5.69. The molecule has 2 rings (SSSR count). The van der Waals surface area contributed by atoms with Gasteiger partial charge in [0.1, 0.15) is 0 Å². The second kappa shape index (κ2) is 5.28. The standard InChI is InChI=1S/C11H19N3O/c1-14-7-11(6-13-14)9-15-8-10-2-4-12-5-3-10/h6-7,10,12H,2-5,8-9H2,1H3. The molecular weight excluding hydrogens is 190 g/mol. The van der Waals surface area contributed by atoms with Crippen molar-refractivity contribution in [2.24, 2.45) is 13.0 Å². The highest BCUT2D eigenvalue weighted by molar-refractivity contribution is 5.01. The molecule has 0 spiro atoms. The zero-order valence-electron chi connectivity index (χ0n) is 9.28. The molecule has 15 heavy (non-hydrogen) atoms. The van der Waals surface area contributed by atoms with Crippen LogP contribution in [0.25, 0.3) is 0 Å². The molecule has 84 valence electrons. The fraction of sp³-hybridized carbons (Fsp3) is 0.727. The van der Waals surface area contributed by atoms with Crippen molar-refractivity contribution < 1.29 is 4.74 Å². The molecule has 4 heteroatoms. The predicted octanol–water partition coefficient (Wildman–Crippen LogP) is 0.936. The Labute approximate surface area is 90.6 Å². The molecule has 1 fully saturated rings. The lowest BCUT2D eigenvalue weighted by atomic mass is 9.99. The number of nitrogens with zero attached hydrogens (tertiary/aromatic N) is 2. The van der Waals surface area contributed by atoms with Crippen LogP contribution >= 0.6 is 0 Å². The van der Waals surface area contributed by atoms with Gasteiger partial charge in [0.2, 0.25) is 0 Å². The molecule has 1 aromatic heterocycles. The van der Waals surface area contributed by atoms with E-state index < -0.39 is 0 Å². The van der Waals surface area contributed by atoms with Crippen LogP contribution in [-0.4, -0.2) is 29.5 Å². The maximum atomic E-state index is 5.69. The van der Waals surface area contributed by atoms with E-state index in [2.05, 4.69) is 10.4 Å². The third-order valence-electron chi connectivity index (χ3n) is 2.84. The minimum atomic E-state index is 0.692. The van der Waals surface area contributed by atoms with Crippen molar-refractivity contribution in [1.82, 2.24) is 15.1 Å². The van der Waals surface area contributed by atoms with E-state index in [1.54, 1.807) is 0 Å². The average molecular weight is 209 g/mol. The zero-order valence-corrected chi connectivity index (χ0v) is 9.28. The van der Waals surface area contributed by atoms with Gasteiger partial charge in [-0.25, -0.2) is 0 Å². The Bertz CT molecular complexity index is 292. The maximum Gasteiger partial charge on any atom is 0.0747 e. The van der Waals surface area contributed by atoms with E-state index in [-0.39, 0.29) is 0 Å². The summed E-state index contributed by atoms with van der Waals surface area (Å²) >= 11 is 0.